The standard InChI is InChI=1S/C25H34O7/c1-3-23(26)31-18-8-6-5-7-17-30-21-13-15-22(16-14-21)32-25(28)20-11-9-19(10-12-20)24(27)29-4-2/h3,13-16,19-20H,1,4-12,17-18H2,2H3. The fourth-order valence-electron chi connectivity index (χ4n) is 3.61. The molecule has 32 heavy (non-hydrogen) atoms. The zero-order chi connectivity index (χ0) is 23.2. The summed E-state index contributed by atoms with van der Waals surface area (Å²) in [6, 6.07) is 7.03. The molecule has 1 aliphatic carbocycles. The smallest absolute Gasteiger partial charge is 0.330 e. The van der Waals surface area contributed by atoms with E-state index < -0.39 is 0 Å². The highest BCUT2D eigenvalue weighted by Gasteiger charge is 2.31. The van der Waals surface area contributed by atoms with Gasteiger partial charge in [0, 0.05) is 6.08 Å². The molecule has 0 unspecified atom stereocenters. The highest BCUT2D eigenvalue weighted by atomic mass is 16.5. The summed E-state index contributed by atoms with van der Waals surface area (Å²) >= 11 is 0. The molecule has 0 heterocycles. The molecule has 0 atom stereocenters. The van der Waals surface area contributed by atoms with Crippen molar-refractivity contribution in [1.29, 1.82) is 0 Å². The fourth-order valence-corrected chi connectivity index (χ4v) is 3.61. The maximum atomic E-state index is 12.4. The Hall–Kier alpha value is -2.83. The van der Waals surface area contributed by atoms with Gasteiger partial charge in [-0.1, -0.05) is 6.58 Å². The molecule has 0 aromatic heterocycles. The highest BCUT2D eigenvalue weighted by Crippen LogP contribution is 2.31. The average Bonchev–Trinajstić information content (AvgIpc) is 2.81. The summed E-state index contributed by atoms with van der Waals surface area (Å²) in [5.74, 6) is 0.123. The first-order valence-electron chi connectivity index (χ1n) is 11.4. The SMILES string of the molecule is C=CC(=O)OCCCCCCOc1ccc(OC(=O)C2CCC(C(=O)OCC)CC2)cc1. The van der Waals surface area contributed by atoms with Gasteiger partial charge < -0.3 is 18.9 Å². The first kappa shape index (κ1) is 25.4. The third-order valence-electron chi connectivity index (χ3n) is 5.44. The van der Waals surface area contributed by atoms with Crippen LogP contribution in [-0.4, -0.2) is 37.7 Å². The van der Waals surface area contributed by atoms with Crippen molar-refractivity contribution in [3.63, 3.8) is 0 Å². The molecule has 0 saturated heterocycles. The minimum Gasteiger partial charge on any atom is -0.494 e. The topological polar surface area (TPSA) is 88.1 Å². The van der Waals surface area contributed by atoms with Crippen LogP contribution in [0.2, 0.25) is 0 Å². The molecule has 1 aromatic carbocycles. The van der Waals surface area contributed by atoms with Crippen LogP contribution in [0.3, 0.4) is 0 Å². The normalized spacial score (nSPS) is 17.8. The van der Waals surface area contributed by atoms with Gasteiger partial charge in [-0.25, -0.2) is 4.79 Å². The number of benzene rings is 1. The summed E-state index contributed by atoms with van der Waals surface area (Å²) in [7, 11) is 0. The first-order valence-corrected chi connectivity index (χ1v) is 11.4. The van der Waals surface area contributed by atoms with Crippen molar-refractivity contribution in [2.75, 3.05) is 19.8 Å². The molecule has 176 valence electrons. The number of carbonyl (C=O) groups is 3. The van der Waals surface area contributed by atoms with Gasteiger partial charge in [-0.05, 0) is 82.6 Å². The van der Waals surface area contributed by atoms with E-state index in [1.165, 1.54) is 6.08 Å². The second kappa shape index (κ2) is 14.3. The van der Waals surface area contributed by atoms with Gasteiger partial charge in [0.15, 0.2) is 0 Å². The maximum absolute atomic E-state index is 12.4. The van der Waals surface area contributed by atoms with Gasteiger partial charge in [-0.2, -0.15) is 0 Å². The monoisotopic (exact) mass is 446 g/mol. The van der Waals surface area contributed by atoms with E-state index in [0.29, 0.717) is 51.3 Å². The first-order chi connectivity index (χ1) is 15.5. The molecule has 1 saturated carbocycles. The second-order valence-electron chi connectivity index (χ2n) is 7.83. The van der Waals surface area contributed by atoms with Crippen LogP contribution in [0.4, 0.5) is 0 Å². The van der Waals surface area contributed by atoms with Crippen molar-refractivity contribution in [2.24, 2.45) is 11.8 Å². The number of hydrogen-bond acceptors (Lipinski definition) is 7. The van der Waals surface area contributed by atoms with E-state index >= 15 is 0 Å². The highest BCUT2D eigenvalue weighted by molar-refractivity contribution is 5.81. The Kier molecular flexibility index (Phi) is 11.3. The zero-order valence-corrected chi connectivity index (χ0v) is 18.9. The number of hydrogen-bond donors (Lipinski definition) is 0. The molecule has 0 N–H and O–H groups in total. The number of esters is 3. The predicted molar refractivity (Wildman–Crippen MR) is 119 cm³/mol. The van der Waals surface area contributed by atoms with Gasteiger partial charge in [-0.15, -0.1) is 0 Å². The second-order valence-corrected chi connectivity index (χ2v) is 7.83. The summed E-state index contributed by atoms with van der Waals surface area (Å²) in [5, 5.41) is 0. The van der Waals surface area contributed by atoms with Crippen LogP contribution in [0, 0.1) is 11.8 Å². The van der Waals surface area contributed by atoms with Gasteiger partial charge in [0.2, 0.25) is 0 Å². The lowest BCUT2D eigenvalue weighted by Gasteiger charge is -2.25. The van der Waals surface area contributed by atoms with Crippen molar-refractivity contribution in [2.45, 2.75) is 58.3 Å². The van der Waals surface area contributed by atoms with Crippen molar-refractivity contribution >= 4 is 17.9 Å². The number of carbonyl (C=O) groups excluding carboxylic acids is 3. The van der Waals surface area contributed by atoms with E-state index in [9.17, 15) is 14.4 Å². The lowest BCUT2D eigenvalue weighted by molar-refractivity contribution is -0.151. The fraction of sp³-hybridized carbons (Fsp3) is 0.560. The molecule has 2 rings (SSSR count). The summed E-state index contributed by atoms with van der Waals surface area (Å²) in [6.07, 6.45) is 7.44. The number of ether oxygens (including phenoxy) is 4. The zero-order valence-electron chi connectivity index (χ0n) is 18.9. The minimum absolute atomic E-state index is 0.106. The predicted octanol–water partition coefficient (Wildman–Crippen LogP) is 4.63. The van der Waals surface area contributed by atoms with Crippen LogP contribution in [0.5, 0.6) is 11.5 Å². The summed E-state index contributed by atoms with van der Waals surface area (Å²) in [6.45, 7) is 6.54. The molecule has 0 bridgehead atoms. The quantitative estimate of drug-likeness (QED) is 0.189. The molecular weight excluding hydrogens is 412 g/mol. The Morgan fingerprint density at radius 1 is 0.844 bits per heavy atom. The Morgan fingerprint density at radius 2 is 1.41 bits per heavy atom. The third-order valence-corrected chi connectivity index (χ3v) is 5.44. The molecule has 1 fully saturated rings. The number of unbranched alkanes of at least 4 members (excludes halogenated alkanes) is 3. The third kappa shape index (κ3) is 9.12. The van der Waals surface area contributed by atoms with E-state index in [1.54, 1.807) is 31.2 Å². The van der Waals surface area contributed by atoms with Crippen LogP contribution < -0.4 is 9.47 Å². The van der Waals surface area contributed by atoms with Crippen LogP contribution in [-0.2, 0) is 23.9 Å². The van der Waals surface area contributed by atoms with E-state index in [2.05, 4.69) is 6.58 Å². The van der Waals surface area contributed by atoms with E-state index in [1.807, 2.05) is 0 Å². The largest absolute Gasteiger partial charge is 0.494 e. The molecule has 0 spiro atoms. The summed E-state index contributed by atoms with van der Waals surface area (Å²) in [4.78, 5) is 35.2. The maximum Gasteiger partial charge on any atom is 0.330 e. The van der Waals surface area contributed by atoms with Gasteiger partial charge in [0.25, 0.3) is 0 Å². The van der Waals surface area contributed by atoms with Gasteiger partial charge in [0.1, 0.15) is 11.5 Å². The number of rotatable bonds is 13. The summed E-state index contributed by atoms with van der Waals surface area (Å²) < 4.78 is 21.2. The van der Waals surface area contributed by atoms with E-state index in [4.69, 9.17) is 18.9 Å². The van der Waals surface area contributed by atoms with E-state index in [-0.39, 0.29) is 29.7 Å². The lowest BCUT2D eigenvalue weighted by atomic mass is 9.82. The van der Waals surface area contributed by atoms with Crippen LogP contribution in [0.15, 0.2) is 36.9 Å². The molecular formula is C25H34O7. The van der Waals surface area contributed by atoms with Crippen molar-refractivity contribution in [3.8, 4) is 11.5 Å². The lowest BCUT2D eigenvalue weighted by Crippen LogP contribution is -2.29. The van der Waals surface area contributed by atoms with E-state index in [0.717, 1.165) is 31.4 Å². The molecule has 0 aliphatic heterocycles. The van der Waals surface area contributed by atoms with Crippen LogP contribution in [0.25, 0.3) is 0 Å². The van der Waals surface area contributed by atoms with Crippen molar-refractivity contribution in [3.05, 3.63) is 36.9 Å². The molecule has 7 nitrogen and oxygen atoms in total. The Labute approximate surface area is 190 Å². The molecule has 0 radical (unpaired) electrons. The Bertz CT molecular complexity index is 733. The molecule has 0 amide bonds. The van der Waals surface area contributed by atoms with Crippen LogP contribution >= 0.6 is 0 Å². The van der Waals surface area contributed by atoms with Crippen molar-refractivity contribution < 1.29 is 33.3 Å². The van der Waals surface area contributed by atoms with Gasteiger partial charge in [0.05, 0.1) is 31.7 Å². The Morgan fingerprint density at radius 3 is 2.00 bits per heavy atom. The molecule has 7 heteroatoms. The average molecular weight is 447 g/mol. The molecule has 1 aliphatic rings. The molecule has 1 aromatic rings. The van der Waals surface area contributed by atoms with Crippen molar-refractivity contribution in [1.82, 2.24) is 0 Å². The van der Waals surface area contributed by atoms with Crippen LogP contribution in [0.1, 0.15) is 58.3 Å². The van der Waals surface area contributed by atoms with Gasteiger partial charge in [-0.3, -0.25) is 9.59 Å². The minimum atomic E-state index is -0.385. The Balaban J connectivity index is 1.60. The summed E-state index contributed by atoms with van der Waals surface area (Å²) in [5.41, 5.74) is 0. The van der Waals surface area contributed by atoms with Gasteiger partial charge >= 0.3 is 17.9 Å².